The van der Waals surface area contributed by atoms with E-state index in [0.29, 0.717) is 0 Å². The van der Waals surface area contributed by atoms with Gasteiger partial charge in [-0.2, -0.15) is 0 Å². The first-order chi connectivity index (χ1) is 8.26. The van der Waals surface area contributed by atoms with Gasteiger partial charge in [-0.25, -0.2) is 0 Å². The zero-order valence-electron chi connectivity index (χ0n) is 9.38. The summed E-state index contributed by atoms with van der Waals surface area (Å²) in [7, 11) is 0. The highest BCUT2D eigenvalue weighted by Crippen LogP contribution is 2.32. The maximum absolute atomic E-state index is 5.25. The molecule has 0 N–H and O–H groups in total. The summed E-state index contributed by atoms with van der Waals surface area (Å²) in [6, 6.07) is 0.0448. The van der Waals surface area contributed by atoms with E-state index in [9.17, 15) is 0 Å². The van der Waals surface area contributed by atoms with E-state index in [1.165, 1.54) is 6.26 Å². The number of hydrogen-bond donors (Lipinski definition) is 0. The Labute approximate surface area is 111 Å². The van der Waals surface area contributed by atoms with Crippen molar-refractivity contribution < 1.29 is 4.29 Å². The van der Waals surface area contributed by atoms with Gasteiger partial charge in [0, 0.05) is 5.57 Å². The number of hydrogen-bond acceptors (Lipinski definition) is 3. The average Bonchev–Trinajstić information content (AvgIpc) is 2.77. The Morgan fingerprint density at radius 2 is 2.12 bits per heavy atom. The Hall–Kier alpha value is -1.19. The molecule has 0 fully saturated rings. The largest absolute Gasteiger partial charge is 0.393 e. The van der Waals surface area contributed by atoms with Crippen LogP contribution in [0.4, 0.5) is 0 Å². The van der Waals surface area contributed by atoms with Crippen molar-refractivity contribution in [3.63, 3.8) is 0 Å². The van der Waals surface area contributed by atoms with Gasteiger partial charge in [-0.1, -0.05) is 42.6 Å². The Morgan fingerprint density at radius 1 is 1.35 bits per heavy atom. The van der Waals surface area contributed by atoms with Crippen LogP contribution in [0.15, 0.2) is 66.9 Å². The quantitative estimate of drug-likeness (QED) is 0.412. The van der Waals surface area contributed by atoms with Crippen LogP contribution in [0.25, 0.3) is 0 Å². The fourth-order valence-corrected chi connectivity index (χ4v) is 2.53. The molecule has 0 amide bonds. The van der Waals surface area contributed by atoms with Crippen LogP contribution in [0.5, 0.6) is 0 Å². The third kappa shape index (κ3) is 3.65. The molecular formula is C13H14ClNOS. The molecule has 1 rings (SSSR count). The van der Waals surface area contributed by atoms with Gasteiger partial charge < -0.3 is 4.29 Å². The molecule has 0 aromatic heterocycles. The first-order valence-electron chi connectivity index (χ1n) is 5.03. The number of thioether (sulfide) groups is 1. The minimum atomic E-state index is 0.0448. The standard InChI is InChI=1S/C13H14ClNOS/c1-4-7-8-10(9-16-14)13-15-11(5-2)12(6-3)17-13/h4-9,11-12H,1-3H2/b8-7-,10-9-. The minimum Gasteiger partial charge on any atom is -0.393 e. The molecule has 4 heteroatoms. The van der Waals surface area contributed by atoms with E-state index in [2.05, 4.69) is 29.0 Å². The summed E-state index contributed by atoms with van der Waals surface area (Å²) >= 11 is 6.86. The summed E-state index contributed by atoms with van der Waals surface area (Å²) in [5.74, 6) is 0. The predicted octanol–water partition coefficient (Wildman–Crippen LogP) is 4.04. The molecule has 1 heterocycles. The van der Waals surface area contributed by atoms with Crippen LogP contribution in [-0.4, -0.2) is 16.3 Å². The molecule has 90 valence electrons. The fraction of sp³-hybridized carbons (Fsp3) is 0.154. The second-order valence-electron chi connectivity index (χ2n) is 3.24. The lowest BCUT2D eigenvalue weighted by Crippen LogP contribution is -2.10. The summed E-state index contributed by atoms with van der Waals surface area (Å²) in [4.78, 5) is 4.53. The topological polar surface area (TPSA) is 21.6 Å². The van der Waals surface area contributed by atoms with Crippen LogP contribution in [0.2, 0.25) is 0 Å². The zero-order valence-corrected chi connectivity index (χ0v) is 11.0. The van der Waals surface area contributed by atoms with Crippen LogP contribution in [0, 0.1) is 0 Å². The molecule has 0 spiro atoms. The minimum absolute atomic E-state index is 0.0448. The van der Waals surface area contributed by atoms with Gasteiger partial charge in [-0.15, -0.1) is 13.2 Å². The summed E-state index contributed by atoms with van der Waals surface area (Å²) in [6.45, 7) is 11.2. The third-order valence-corrected chi connectivity index (χ3v) is 3.55. The van der Waals surface area contributed by atoms with Crippen molar-refractivity contribution in [3.8, 4) is 0 Å². The molecule has 0 aromatic rings. The highest BCUT2D eigenvalue weighted by Gasteiger charge is 2.26. The van der Waals surface area contributed by atoms with Gasteiger partial charge in [0.05, 0.1) is 11.3 Å². The monoisotopic (exact) mass is 267 g/mol. The number of allylic oxidation sites excluding steroid dienone is 3. The maximum Gasteiger partial charge on any atom is 0.134 e. The van der Waals surface area contributed by atoms with Crippen molar-refractivity contribution in [3.05, 3.63) is 62.0 Å². The van der Waals surface area contributed by atoms with Gasteiger partial charge in [0.1, 0.15) is 23.2 Å². The van der Waals surface area contributed by atoms with Gasteiger partial charge in [-0.3, -0.25) is 4.99 Å². The van der Waals surface area contributed by atoms with Gasteiger partial charge in [0.15, 0.2) is 0 Å². The van der Waals surface area contributed by atoms with Crippen LogP contribution in [-0.2, 0) is 4.29 Å². The van der Waals surface area contributed by atoms with E-state index in [1.54, 1.807) is 23.9 Å². The van der Waals surface area contributed by atoms with E-state index >= 15 is 0 Å². The fourth-order valence-electron chi connectivity index (χ4n) is 1.34. The molecule has 1 aliphatic heterocycles. The van der Waals surface area contributed by atoms with Gasteiger partial charge in [-0.05, 0) is 6.08 Å². The molecule has 2 unspecified atom stereocenters. The molecule has 0 saturated carbocycles. The summed E-state index contributed by atoms with van der Waals surface area (Å²) in [5, 5.41) is 1.07. The van der Waals surface area contributed by atoms with Gasteiger partial charge in [0.2, 0.25) is 0 Å². The zero-order chi connectivity index (χ0) is 12.7. The lowest BCUT2D eigenvalue weighted by Gasteiger charge is -2.06. The molecule has 1 aliphatic rings. The highest BCUT2D eigenvalue weighted by molar-refractivity contribution is 8.15. The molecule has 0 bridgehead atoms. The number of rotatable bonds is 6. The van der Waals surface area contributed by atoms with Gasteiger partial charge >= 0.3 is 0 Å². The smallest absolute Gasteiger partial charge is 0.134 e. The Kier molecular flexibility index (Phi) is 5.87. The second kappa shape index (κ2) is 7.20. The molecule has 2 nitrogen and oxygen atoms in total. The Balaban J connectivity index is 2.94. The molecule has 0 aromatic carbocycles. The van der Waals surface area contributed by atoms with Crippen molar-refractivity contribution in [2.24, 2.45) is 4.99 Å². The molecule has 0 radical (unpaired) electrons. The van der Waals surface area contributed by atoms with Crippen LogP contribution < -0.4 is 0 Å². The van der Waals surface area contributed by atoms with Crippen molar-refractivity contribution in [1.29, 1.82) is 0 Å². The second-order valence-corrected chi connectivity index (χ2v) is 4.58. The number of nitrogens with zero attached hydrogens (tertiary/aromatic N) is 1. The van der Waals surface area contributed by atoms with Crippen molar-refractivity contribution in [2.45, 2.75) is 11.3 Å². The normalized spacial score (nSPS) is 24.5. The van der Waals surface area contributed by atoms with Crippen molar-refractivity contribution in [1.82, 2.24) is 0 Å². The molecule has 0 saturated heterocycles. The number of halogens is 1. The first kappa shape index (κ1) is 13.9. The summed E-state index contributed by atoms with van der Waals surface area (Å²) in [5.41, 5.74) is 0.807. The van der Waals surface area contributed by atoms with Crippen LogP contribution >= 0.6 is 23.6 Å². The SMILES string of the molecule is C=C/C=C\C(=C\OCl)C1=NC(C=C)C(C=C)S1. The van der Waals surface area contributed by atoms with Crippen molar-refractivity contribution in [2.75, 3.05) is 0 Å². The Bertz CT molecular complexity index is 398. The van der Waals surface area contributed by atoms with E-state index in [-0.39, 0.29) is 11.3 Å². The van der Waals surface area contributed by atoms with Crippen molar-refractivity contribution >= 4 is 28.7 Å². The molecular weight excluding hydrogens is 254 g/mol. The lowest BCUT2D eigenvalue weighted by molar-refractivity contribution is 0.536. The van der Waals surface area contributed by atoms with E-state index in [1.807, 2.05) is 18.2 Å². The molecule has 17 heavy (non-hydrogen) atoms. The molecule has 0 aliphatic carbocycles. The molecule has 2 atom stereocenters. The van der Waals surface area contributed by atoms with E-state index in [4.69, 9.17) is 11.9 Å². The van der Waals surface area contributed by atoms with Crippen LogP contribution in [0.1, 0.15) is 0 Å². The first-order valence-corrected chi connectivity index (χ1v) is 6.22. The highest BCUT2D eigenvalue weighted by atomic mass is 35.5. The third-order valence-electron chi connectivity index (χ3n) is 2.15. The van der Waals surface area contributed by atoms with Crippen LogP contribution in [0.3, 0.4) is 0 Å². The lowest BCUT2D eigenvalue weighted by atomic mass is 10.2. The number of aliphatic imine (C=N–C) groups is 1. The van der Waals surface area contributed by atoms with E-state index in [0.717, 1.165) is 10.6 Å². The predicted molar refractivity (Wildman–Crippen MR) is 77.4 cm³/mol. The average molecular weight is 268 g/mol. The summed E-state index contributed by atoms with van der Waals surface area (Å²) in [6.07, 6.45) is 10.4. The Morgan fingerprint density at radius 3 is 2.59 bits per heavy atom. The maximum atomic E-state index is 5.25. The summed E-state index contributed by atoms with van der Waals surface area (Å²) < 4.78 is 4.53. The van der Waals surface area contributed by atoms with E-state index < -0.39 is 0 Å². The van der Waals surface area contributed by atoms with Gasteiger partial charge in [0.25, 0.3) is 0 Å².